The Labute approximate surface area is 152 Å². The Kier molecular flexibility index (Phi) is 5.30. The number of aryl methyl sites for hydroxylation is 1. The third-order valence-electron chi connectivity index (χ3n) is 3.32. The topological polar surface area (TPSA) is 72.7 Å². The van der Waals surface area contributed by atoms with Crippen molar-refractivity contribution < 1.29 is 9.18 Å². The summed E-state index contributed by atoms with van der Waals surface area (Å²) in [5.41, 5.74) is 1.96. The summed E-state index contributed by atoms with van der Waals surface area (Å²) in [5, 5.41) is 15.2. The summed E-state index contributed by atoms with van der Waals surface area (Å²) in [7, 11) is 0. The number of tetrazole rings is 1. The first-order valence-corrected chi connectivity index (χ1v) is 8.62. The molecule has 0 aliphatic carbocycles. The zero-order valence-corrected chi connectivity index (χ0v) is 14.7. The minimum Gasteiger partial charge on any atom is -0.325 e. The van der Waals surface area contributed by atoms with Gasteiger partial charge in [-0.05, 0) is 59.3 Å². The van der Waals surface area contributed by atoms with Gasteiger partial charge in [-0.1, -0.05) is 29.4 Å². The summed E-state index contributed by atoms with van der Waals surface area (Å²) in [6.07, 6.45) is 0. The van der Waals surface area contributed by atoms with Crippen molar-refractivity contribution in [1.82, 2.24) is 20.2 Å². The molecule has 2 aromatic carbocycles. The second-order valence-electron chi connectivity index (χ2n) is 5.15. The first-order valence-electron chi connectivity index (χ1n) is 7.26. The number of nitrogens with one attached hydrogen (secondary N) is 1. The summed E-state index contributed by atoms with van der Waals surface area (Å²) >= 11 is 7.05. The van der Waals surface area contributed by atoms with Gasteiger partial charge < -0.3 is 5.32 Å². The highest BCUT2D eigenvalue weighted by molar-refractivity contribution is 7.99. The third-order valence-corrected chi connectivity index (χ3v) is 4.49. The molecule has 0 bridgehead atoms. The fourth-order valence-electron chi connectivity index (χ4n) is 2.06. The maximum atomic E-state index is 13.3. The average Bonchev–Trinajstić information content (AvgIpc) is 3.05. The number of anilines is 1. The van der Waals surface area contributed by atoms with Crippen LogP contribution in [0.4, 0.5) is 10.1 Å². The van der Waals surface area contributed by atoms with Crippen LogP contribution in [0.1, 0.15) is 5.56 Å². The second-order valence-corrected chi connectivity index (χ2v) is 6.52. The van der Waals surface area contributed by atoms with Gasteiger partial charge in [0, 0.05) is 10.7 Å². The van der Waals surface area contributed by atoms with Crippen molar-refractivity contribution in [1.29, 1.82) is 0 Å². The van der Waals surface area contributed by atoms with E-state index in [1.165, 1.54) is 28.6 Å². The third kappa shape index (κ3) is 4.34. The summed E-state index contributed by atoms with van der Waals surface area (Å²) in [6.45, 7) is 1.79. The van der Waals surface area contributed by atoms with E-state index in [0.29, 0.717) is 15.9 Å². The van der Waals surface area contributed by atoms with Gasteiger partial charge in [0.1, 0.15) is 5.82 Å². The number of thioether (sulfide) groups is 1. The van der Waals surface area contributed by atoms with Crippen molar-refractivity contribution >= 4 is 35.0 Å². The molecule has 1 heterocycles. The molecule has 25 heavy (non-hydrogen) atoms. The van der Waals surface area contributed by atoms with Crippen molar-refractivity contribution in [3.8, 4) is 5.69 Å². The van der Waals surface area contributed by atoms with Crippen LogP contribution < -0.4 is 5.32 Å². The van der Waals surface area contributed by atoms with Gasteiger partial charge in [0.15, 0.2) is 0 Å². The van der Waals surface area contributed by atoms with Crippen LogP contribution in [-0.4, -0.2) is 31.9 Å². The molecule has 0 saturated carbocycles. The van der Waals surface area contributed by atoms with Crippen molar-refractivity contribution in [2.75, 3.05) is 11.1 Å². The highest BCUT2D eigenvalue weighted by atomic mass is 35.5. The minimum absolute atomic E-state index is 0.0872. The summed E-state index contributed by atoms with van der Waals surface area (Å²) in [5.74, 6) is -0.589. The van der Waals surface area contributed by atoms with E-state index in [1.54, 1.807) is 37.3 Å². The van der Waals surface area contributed by atoms with Crippen molar-refractivity contribution in [2.24, 2.45) is 0 Å². The smallest absolute Gasteiger partial charge is 0.234 e. The lowest BCUT2D eigenvalue weighted by atomic mass is 10.2. The SMILES string of the molecule is Cc1ccc(F)cc1NC(=O)CSc1nnnn1-c1ccc(Cl)cc1. The first-order chi connectivity index (χ1) is 12.0. The lowest BCUT2D eigenvalue weighted by Crippen LogP contribution is -2.15. The van der Waals surface area contributed by atoms with Crippen LogP contribution >= 0.6 is 23.4 Å². The zero-order chi connectivity index (χ0) is 17.8. The molecule has 0 aliphatic rings. The number of nitrogens with zero attached hydrogens (tertiary/aromatic N) is 4. The second kappa shape index (κ2) is 7.62. The molecular formula is C16H13ClFN5OS. The van der Waals surface area contributed by atoms with Gasteiger partial charge >= 0.3 is 0 Å². The average molecular weight is 378 g/mol. The lowest BCUT2D eigenvalue weighted by Gasteiger charge is -2.08. The van der Waals surface area contributed by atoms with E-state index in [4.69, 9.17) is 11.6 Å². The van der Waals surface area contributed by atoms with Crippen molar-refractivity contribution in [2.45, 2.75) is 12.1 Å². The molecule has 0 radical (unpaired) electrons. The number of rotatable bonds is 5. The van der Waals surface area contributed by atoms with Crippen molar-refractivity contribution in [3.63, 3.8) is 0 Å². The molecule has 3 aromatic rings. The first kappa shape index (κ1) is 17.4. The van der Waals surface area contributed by atoms with Gasteiger partial charge in [-0.15, -0.1) is 5.10 Å². The summed E-state index contributed by atoms with van der Waals surface area (Å²) < 4.78 is 14.8. The molecule has 0 saturated heterocycles. The Bertz CT molecular complexity index is 900. The van der Waals surface area contributed by atoms with Crippen LogP contribution in [0.25, 0.3) is 5.69 Å². The molecule has 9 heteroatoms. The molecule has 0 aliphatic heterocycles. The van der Waals surface area contributed by atoms with E-state index in [9.17, 15) is 9.18 Å². The maximum absolute atomic E-state index is 13.3. The van der Waals surface area contributed by atoms with Crippen LogP contribution in [0.15, 0.2) is 47.6 Å². The molecule has 1 aromatic heterocycles. The number of hydrogen-bond acceptors (Lipinski definition) is 5. The normalized spacial score (nSPS) is 10.7. The summed E-state index contributed by atoms with van der Waals surface area (Å²) in [4.78, 5) is 12.1. The Morgan fingerprint density at radius 3 is 2.80 bits per heavy atom. The predicted molar refractivity (Wildman–Crippen MR) is 94.7 cm³/mol. The number of halogens is 2. The number of benzene rings is 2. The van der Waals surface area contributed by atoms with Crippen LogP contribution in [0, 0.1) is 12.7 Å². The van der Waals surface area contributed by atoms with E-state index in [2.05, 4.69) is 20.8 Å². The molecule has 6 nitrogen and oxygen atoms in total. The minimum atomic E-state index is -0.403. The molecule has 0 unspecified atom stereocenters. The molecule has 128 valence electrons. The Morgan fingerprint density at radius 1 is 1.28 bits per heavy atom. The fourth-order valence-corrected chi connectivity index (χ4v) is 2.88. The van der Waals surface area contributed by atoms with Crippen LogP contribution in [0.2, 0.25) is 5.02 Å². The highest BCUT2D eigenvalue weighted by Crippen LogP contribution is 2.21. The number of carbonyl (C=O) groups excluding carboxylic acids is 1. The molecule has 3 rings (SSSR count). The van der Waals surface area contributed by atoms with Gasteiger partial charge in [0.2, 0.25) is 11.1 Å². The largest absolute Gasteiger partial charge is 0.325 e. The lowest BCUT2D eigenvalue weighted by molar-refractivity contribution is -0.113. The number of aromatic nitrogens is 4. The van der Waals surface area contributed by atoms with E-state index in [1.807, 2.05) is 0 Å². The molecule has 0 atom stereocenters. The van der Waals surface area contributed by atoms with Gasteiger partial charge in [-0.25, -0.2) is 4.39 Å². The highest BCUT2D eigenvalue weighted by Gasteiger charge is 2.12. The Morgan fingerprint density at radius 2 is 2.04 bits per heavy atom. The Hall–Kier alpha value is -2.45. The van der Waals surface area contributed by atoms with Crippen molar-refractivity contribution in [3.05, 3.63) is 58.9 Å². The standard InChI is InChI=1S/C16H13ClFN5OS/c1-10-2-5-12(18)8-14(10)19-15(24)9-25-16-20-21-22-23(16)13-6-3-11(17)4-7-13/h2-8H,9H2,1H3,(H,19,24). The zero-order valence-electron chi connectivity index (χ0n) is 13.1. The monoisotopic (exact) mass is 377 g/mol. The predicted octanol–water partition coefficient (Wildman–Crippen LogP) is 3.49. The van der Waals surface area contributed by atoms with Gasteiger partial charge in [-0.3, -0.25) is 4.79 Å². The van der Waals surface area contributed by atoms with Gasteiger partial charge in [0.05, 0.1) is 11.4 Å². The van der Waals surface area contributed by atoms with E-state index in [-0.39, 0.29) is 11.7 Å². The molecule has 0 spiro atoms. The van der Waals surface area contributed by atoms with E-state index < -0.39 is 5.82 Å². The molecule has 1 amide bonds. The molecule has 0 fully saturated rings. The van der Waals surface area contributed by atoms with Crippen LogP contribution in [0.3, 0.4) is 0 Å². The fraction of sp³-hybridized carbons (Fsp3) is 0.125. The van der Waals surface area contributed by atoms with Gasteiger partial charge in [-0.2, -0.15) is 4.68 Å². The van der Waals surface area contributed by atoms with E-state index >= 15 is 0 Å². The van der Waals surface area contributed by atoms with Crippen LogP contribution in [-0.2, 0) is 4.79 Å². The Balaban J connectivity index is 1.66. The van der Waals surface area contributed by atoms with Crippen LogP contribution in [0.5, 0.6) is 0 Å². The van der Waals surface area contributed by atoms with Gasteiger partial charge in [0.25, 0.3) is 0 Å². The quantitative estimate of drug-likeness (QED) is 0.689. The number of hydrogen-bond donors (Lipinski definition) is 1. The molecule has 1 N–H and O–H groups in total. The molecular weight excluding hydrogens is 365 g/mol. The number of carbonyl (C=O) groups is 1. The maximum Gasteiger partial charge on any atom is 0.234 e. The van der Waals surface area contributed by atoms with E-state index in [0.717, 1.165) is 11.3 Å². The summed E-state index contributed by atoms with van der Waals surface area (Å²) in [6, 6.07) is 11.3. The number of amides is 1.